The highest BCUT2D eigenvalue weighted by atomic mass is 16.5. The molecule has 0 unspecified atom stereocenters. The Morgan fingerprint density at radius 3 is 2.38 bits per heavy atom. The number of ether oxygens (including phenoxy) is 1. The molecule has 1 heterocycles. The highest BCUT2D eigenvalue weighted by Crippen LogP contribution is 2.06. The van der Waals surface area contributed by atoms with E-state index in [0.717, 1.165) is 25.9 Å². The molecule has 0 aromatic rings. The first-order valence-corrected chi connectivity index (χ1v) is 8.56. The van der Waals surface area contributed by atoms with Gasteiger partial charge in [0.15, 0.2) is 0 Å². The van der Waals surface area contributed by atoms with Gasteiger partial charge in [-0.25, -0.2) is 0 Å². The lowest BCUT2D eigenvalue weighted by Gasteiger charge is -2.34. The van der Waals surface area contributed by atoms with Gasteiger partial charge in [-0.15, -0.1) is 0 Å². The smallest absolute Gasteiger partial charge is 0.266 e. The van der Waals surface area contributed by atoms with E-state index in [9.17, 15) is 14.9 Å². The van der Waals surface area contributed by atoms with Gasteiger partial charge in [-0.1, -0.05) is 13.3 Å². The molecule has 0 spiro atoms. The number of piperazine rings is 1. The molecule has 1 N–H and O–H groups in total. The summed E-state index contributed by atoms with van der Waals surface area (Å²) in [6.07, 6.45) is 4.49. The van der Waals surface area contributed by atoms with Crippen LogP contribution in [0.1, 0.15) is 33.1 Å². The summed E-state index contributed by atoms with van der Waals surface area (Å²) in [5.74, 6) is -0.270. The molecule has 24 heavy (non-hydrogen) atoms. The number of nitrogens with zero attached hydrogens (tertiary/aromatic N) is 3. The molecule has 0 bridgehead atoms. The van der Waals surface area contributed by atoms with Crippen molar-refractivity contribution in [1.29, 1.82) is 5.26 Å². The number of unbranched alkanes of at least 4 members (excludes halogenated alkanes) is 1. The van der Waals surface area contributed by atoms with Crippen LogP contribution in [0, 0.1) is 11.3 Å². The zero-order chi connectivity index (χ0) is 17.8. The maximum absolute atomic E-state index is 12.3. The molecule has 0 saturated carbocycles. The summed E-state index contributed by atoms with van der Waals surface area (Å²) in [6, 6.07) is 1.95. The maximum atomic E-state index is 12.3. The Kier molecular flexibility index (Phi) is 9.54. The van der Waals surface area contributed by atoms with E-state index in [1.165, 1.54) is 13.1 Å². The third kappa shape index (κ3) is 7.01. The topological polar surface area (TPSA) is 85.7 Å². The van der Waals surface area contributed by atoms with Crippen LogP contribution < -0.4 is 5.32 Å². The summed E-state index contributed by atoms with van der Waals surface area (Å²) in [6.45, 7) is 7.70. The second-order valence-electron chi connectivity index (χ2n) is 5.74. The molecule has 1 rings (SSSR count). The Bertz CT molecular complexity index is 477. The quantitative estimate of drug-likeness (QED) is 0.384. The van der Waals surface area contributed by atoms with Crippen molar-refractivity contribution in [3.05, 3.63) is 11.8 Å². The van der Waals surface area contributed by atoms with Crippen LogP contribution >= 0.6 is 0 Å². The minimum Gasteiger partial charge on any atom is -0.390 e. The summed E-state index contributed by atoms with van der Waals surface area (Å²) in [5.41, 5.74) is 0.0955. The lowest BCUT2D eigenvalue weighted by atomic mass is 10.2. The number of hydrogen-bond acceptors (Lipinski definition) is 5. The summed E-state index contributed by atoms with van der Waals surface area (Å²) in [7, 11) is 0. The first-order valence-electron chi connectivity index (χ1n) is 8.56. The molecular formula is C17H28N4O3. The van der Waals surface area contributed by atoms with Gasteiger partial charge in [0.05, 0.1) is 0 Å². The summed E-state index contributed by atoms with van der Waals surface area (Å²) in [5, 5.41) is 12.2. The molecule has 7 heteroatoms. The van der Waals surface area contributed by atoms with Gasteiger partial charge < -0.3 is 19.9 Å². The first-order chi connectivity index (χ1) is 11.6. The van der Waals surface area contributed by atoms with Crippen molar-refractivity contribution in [2.75, 3.05) is 45.9 Å². The number of carbonyl (C=O) groups is 2. The van der Waals surface area contributed by atoms with E-state index >= 15 is 0 Å². The Morgan fingerprint density at radius 2 is 1.79 bits per heavy atom. The van der Waals surface area contributed by atoms with Gasteiger partial charge in [-0.05, 0) is 12.8 Å². The molecule has 2 amide bonds. The fraction of sp³-hybridized carbons (Fsp3) is 0.706. The van der Waals surface area contributed by atoms with Crippen LogP contribution in [0.25, 0.3) is 0 Å². The summed E-state index contributed by atoms with van der Waals surface area (Å²) in [4.78, 5) is 26.9. The lowest BCUT2D eigenvalue weighted by Crippen LogP contribution is -2.50. The number of rotatable bonds is 9. The average molecular weight is 336 g/mol. The largest absolute Gasteiger partial charge is 0.390 e. The van der Waals surface area contributed by atoms with E-state index in [-0.39, 0.29) is 17.4 Å². The zero-order valence-electron chi connectivity index (χ0n) is 14.7. The molecule has 0 radical (unpaired) electrons. The molecule has 1 aliphatic rings. The minimum atomic E-state index is -0.285. The number of nitrogens with one attached hydrogen (secondary N) is 1. The van der Waals surface area contributed by atoms with Crippen LogP contribution in [0.2, 0.25) is 0 Å². The highest BCUT2D eigenvalue weighted by Gasteiger charge is 2.24. The number of carbonyl (C=O) groups excluding carboxylic acids is 2. The SMILES string of the molecule is CCCCOCCCN/C=C(/C#N)C(=O)N1CCN(C(C)=O)CC1. The van der Waals surface area contributed by atoms with Crippen molar-refractivity contribution in [2.45, 2.75) is 33.1 Å². The Balaban J connectivity index is 2.31. The fourth-order valence-corrected chi connectivity index (χ4v) is 2.34. The van der Waals surface area contributed by atoms with Gasteiger partial charge in [0, 0.05) is 59.1 Å². The molecular weight excluding hydrogens is 308 g/mol. The van der Waals surface area contributed by atoms with E-state index in [1.54, 1.807) is 9.80 Å². The van der Waals surface area contributed by atoms with Gasteiger partial charge in [-0.3, -0.25) is 9.59 Å². The lowest BCUT2D eigenvalue weighted by molar-refractivity contribution is -0.136. The van der Waals surface area contributed by atoms with Crippen LogP contribution in [0.3, 0.4) is 0 Å². The Hall–Kier alpha value is -2.07. The number of nitriles is 1. The second kappa shape index (κ2) is 11.5. The standard InChI is InChI=1S/C17H28N4O3/c1-3-4-11-24-12-5-6-19-14-16(13-18)17(23)21-9-7-20(8-10-21)15(2)22/h14,19H,3-12H2,1-2H3/b16-14-. The molecule has 0 aliphatic carbocycles. The van der Waals surface area contributed by atoms with Crippen molar-refractivity contribution < 1.29 is 14.3 Å². The second-order valence-corrected chi connectivity index (χ2v) is 5.74. The van der Waals surface area contributed by atoms with Crippen LogP contribution in [-0.4, -0.2) is 67.6 Å². The van der Waals surface area contributed by atoms with Crippen LogP contribution in [0.4, 0.5) is 0 Å². The molecule has 7 nitrogen and oxygen atoms in total. The molecule has 1 saturated heterocycles. The van der Waals surface area contributed by atoms with Crippen LogP contribution in [0.15, 0.2) is 11.8 Å². The maximum Gasteiger partial charge on any atom is 0.266 e. The minimum absolute atomic E-state index is 0.0148. The van der Waals surface area contributed by atoms with Gasteiger partial charge in [-0.2, -0.15) is 5.26 Å². The van der Waals surface area contributed by atoms with Crippen molar-refractivity contribution in [2.24, 2.45) is 0 Å². The molecule has 1 fully saturated rings. The average Bonchev–Trinajstić information content (AvgIpc) is 2.60. The van der Waals surface area contributed by atoms with Gasteiger partial charge in [0.1, 0.15) is 11.6 Å². The van der Waals surface area contributed by atoms with E-state index in [4.69, 9.17) is 4.74 Å². The molecule has 1 aliphatic heterocycles. The van der Waals surface area contributed by atoms with Crippen molar-refractivity contribution in [3.63, 3.8) is 0 Å². The number of hydrogen-bond donors (Lipinski definition) is 1. The monoisotopic (exact) mass is 336 g/mol. The molecule has 0 atom stereocenters. The third-order valence-corrected chi connectivity index (χ3v) is 3.86. The van der Waals surface area contributed by atoms with Gasteiger partial charge >= 0.3 is 0 Å². The molecule has 0 aromatic carbocycles. The highest BCUT2D eigenvalue weighted by molar-refractivity contribution is 5.97. The summed E-state index contributed by atoms with van der Waals surface area (Å²) < 4.78 is 5.45. The predicted octanol–water partition coefficient (Wildman–Crippen LogP) is 0.881. The van der Waals surface area contributed by atoms with E-state index < -0.39 is 0 Å². The number of amides is 2. The van der Waals surface area contributed by atoms with Crippen LogP contribution in [-0.2, 0) is 14.3 Å². The normalized spacial score (nSPS) is 15.1. The Morgan fingerprint density at radius 1 is 1.17 bits per heavy atom. The molecule has 134 valence electrons. The van der Waals surface area contributed by atoms with Crippen LogP contribution in [0.5, 0.6) is 0 Å². The van der Waals surface area contributed by atoms with Gasteiger partial charge in [0.2, 0.25) is 5.91 Å². The van der Waals surface area contributed by atoms with Gasteiger partial charge in [0.25, 0.3) is 5.91 Å². The third-order valence-electron chi connectivity index (χ3n) is 3.86. The predicted molar refractivity (Wildman–Crippen MR) is 90.9 cm³/mol. The Labute approximate surface area is 144 Å². The van der Waals surface area contributed by atoms with E-state index in [1.807, 2.05) is 6.07 Å². The first kappa shape index (κ1) is 20.0. The van der Waals surface area contributed by atoms with Crippen molar-refractivity contribution in [1.82, 2.24) is 15.1 Å². The van der Waals surface area contributed by atoms with Crippen molar-refractivity contribution >= 4 is 11.8 Å². The van der Waals surface area contributed by atoms with Crippen molar-refractivity contribution in [3.8, 4) is 6.07 Å². The fourth-order valence-electron chi connectivity index (χ4n) is 2.34. The van der Waals surface area contributed by atoms with E-state index in [2.05, 4.69) is 12.2 Å². The summed E-state index contributed by atoms with van der Waals surface area (Å²) >= 11 is 0. The van der Waals surface area contributed by atoms with E-state index in [0.29, 0.717) is 39.3 Å². The molecule has 0 aromatic heterocycles. The zero-order valence-corrected chi connectivity index (χ0v) is 14.7.